The molecule has 1 rings (SSSR count). The Bertz CT molecular complexity index is 377. The fraction of sp³-hybridized carbons (Fsp3) is 0.647. The van der Waals surface area contributed by atoms with E-state index in [1.807, 2.05) is 12.1 Å². The molecule has 1 aromatic rings. The molecule has 0 spiro atoms. The first-order valence-electron chi connectivity index (χ1n) is 7.63. The van der Waals surface area contributed by atoms with Crippen LogP contribution in [-0.2, 0) is 6.54 Å². The second kappa shape index (κ2) is 8.38. The van der Waals surface area contributed by atoms with Crippen LogP contribution in [0.25, 0.3) is 0 Å². The van der Waals surface area contributed by atoms with Crippen molar-refractivity contribution in [2.45, 2.75) is 40.2 Å². The van der Waals surface area contributed by atoms with Gasteiger partial charge in [0.2, 0.25) is 0 Å². The van der Waals surface area contributed by atoms with Gasteiger partial charge in [-0.15, -0.1) is 0 Å². The van der Waals surface area contributed by atoms with Gasteiger partial charge in [0.25, 0.3) is 0 Å². The van der Waals surface area contributed by atoms with Gasteiger partial charge in [-0.1, -0.05) is 39.3 Å². The Kier molecular flexibility index (Phi) is 7.17. The molecule has 2 nitrogen and oxygen atoms in total. The number of halogens is 1. The molecule has 0 aliphatic heterocycles. The summed E-state index contributed by atoms with van der Waals surface area (Å²) in [4.78, 5) is 2.33. The highest BCUT2D eigenvalue weighted by Crippen LogP contribution is 2.24. The Morgan fingerprint density at radius 1 is 1.20 bits per heavy atom. The molecule has 1 aromatic carbocycles. The zero-order valence-electron chi connectivity index (χ0n) is 13.4. The van der Waals surface area contributed by atoms with Gasteiger partial charge in [-0.05, 0) is 43.1 Å². The normalized spacial score (nSPS) is 14.5. The van der Waals surface area contributed by atoms with E-state index < -0.39 is 0 Å². The lowest BCUT2D eigenvalue weighted by molar-refractivity contribution is 0.169. The first kappa shape index (κ1) is 17.1. The van der Waals surface area contributed by atoms with E-state index in [1.165, 1.54) is 25.0 Å². The Labute approximate surface area is 123 Å². The van der Waals surface area contributed by atoms with Gasteiger partial charge in [-0.25, -0.2) is 4.39 Å². The van der Waals surface area contributed by atoms with Crippen LogP contribution in [0.4, 0.5) is 4.39 Å². The van der Waals surface area contributed by atoms with Crippen LogP contribution in [0.2, 0.25) is 0 Å². The van der Waals surface area contributed by atoms with Crippen molar-refractivity contribution in [2.24, 2.45) is 5.41 Å². The third-order valence-electron chi connectivity index (χ3n) is 3.67. The van der Waals surface area contributed by atoms with E-state index in [4.69, 9.17) is 0 Å². The lowest BCUT2D eigenvalue weighted by Gasteiger charge is -2.34. The minimum absolute atomic E-state index is 0.167. The number of hydrogen-bond donors (Lipinski definition) is 1. The molecule has 1 N–H and O–H groups in total. The van der Waals surface area contributed by atoms with Crippen molar-refractivity contribution >= 4 is 0 Å². The second-order valence-electron chi connectivity index (χ2n) is 6.14. The monoisotopic (exact) mass is 280 g/mol. The van der Waals surface area contributed by atoms with Crippen LogP contribution in [0.15, 0.2) is 24.3 Å². The third kappa shape index (κ3) is 6.02. The van der Waals surface area contributed by atoms with Crippen LogP contribution >= 0.6 is 0 Å². The van der Waals surface area contributed by atoms with Crippen LogP contribution in [0.3, 0.4) is 0 Å². The Hall–Kier alpha value is -0.930. The van der Waals surface area contributed by atoms with E-state index in [-0.39, 0.29) is 5.82 Å². The SMILES string of the molecule is CCCC(C)(CNCC)CN(C)Cc1ccc(F)cc1. The molecule has 0 saturated heterocycles. The highest BCUT2D eigenvalue weighted by molar-refractivity contribution is 5.15. The quantitative estimate of drug-likeness (QED) is 0.742. The van der Waals surface area contributed by atoms with Crippen molar-refractivity contribution in [3.8, 4) is 0 Å². The molecular formula is C17H29FN2. The van der Waals surface area contributed by atoms with Gasteiger partial charge in [0, 0.05) is 19.6 Å². The molecule has 0 amide bonds. The lowest BCUT2D eigenvalue weighted by atomic mass is 9.84. The van der Waals surface area contributed by atoms with E-state index in [9.17, 15) is 4.39 Å². The van der Waals surface area contributed by atoms with Crippen molar-refractivity contribution < 1.29 is 4.39 Å². The van der Waals surface area contributed by atoms with Gasteiger partial charge in [0.1, 0.15) is 5.82 Å². The second-order valence-corrected chi connectivity index (χ2v) is 6.14. The maximum atomic E-state index is 12.9. The molecule has 20 heavy (non-hydrogen) atoms. The maximum absolute atomic E-state index is 12.9. The summed E-state index contributed by atoms with van der Waals surface area (Å²) >= 11 is 0. The van der Waals surface area contributed by atoms with Gasteiger partial charge in [-0.2, -0.15) is 0 Å². The van der Waals surface area contributed by atoms with Gasteiger partial charge < -0.3 is 10.2 Å². The molecule has 0 aromatic heterocycles. The van der Waals surface area contributed by atoms with E-state index in [2.05, 4.69) is 38.0 Å². The molecule has 0 fully saturated rings. The molecule has 1 unspecified atom stereocenters. The molecule has 0 bridgehead atoms. The van der Waals surface area contributed by atoms with Crippen LogP contribution in [-0.4, -0.2) is 31.6 Å². The van der Waals surface area contributed by atoms with Crippen LogP contribution in [0.5, 0.6) is 0 Å². The van der Waals surface area contributed by atoms with E-state index in [0.29, 0.717) is 5.41 Å². The number of benzene rings is 1. The van der Waals surface area contributed by atoms with E-state index in [0.717, 1.165) is 31.7 Å². The summed E-state index contributed by atoms with van der Waals surface area (Å²) in [7, 11) is 2.14. The summed E-state index contributed by atoms with van der Waals surface area (Å²) < 4.78 is 12.9. The van der Waals surface area contributed by atoms with Crippen molar-refractivity contribution in [1.82, 2.24) is 10.2 Å². The number of rotatable bonds is 9. The van der Waals surface area contributed by atoms with Crippen LogP contribution in [0.1, 0.15) is 39.2 Å². The maximum Gasteiger partial charge on any atom is 0.123 e. The van der Waals surface area contributed by atoms with Crippen molar-refractivity contribution in [2.75, 3.05) is 26.7 Å². The summed E-state index contributed by atoms with van der Waals surface area (Å²) in [5.74, 6) is -0.167. The highest BCUT2D eigenvalue weighted by atomic mass is 19.1. The fourth-order valence-corrected chi connectivity index (χ4v) is 2.86. The average Bonchev–Trinajstić information content (AvgIpc) is 2.39. The zero-order chi connectivity index (χ0) is 15.0. The van der Waals surface area contributed by atoms with E-state index in [1.54, 1.807) is 0 Å². The molecule has 0 saturated carbocycles. The predicted molar refractivity (Wildman–Crippen MR) is 84.3 cm³/mol. The van der Waals surface area contributed by atoms with Crippen LogP contribution < -0.4 is 5.32 Å². The van der Waals surface area contributed by atoms with E-state index >= 15 is 0 Å². The van der Waals surface area contributed by atoms with Crippen molar-refractivity contribution in [3.63, 3.8) is 0 Å². The zero-order valence-corrected chi connectivity index (χ0v) is 13.4. The predicted octanol–water partition coefficient (Wildman–Crippen LogP) is 3.67. The Morgan fingerprint density at radius 2 is 1.85 bits per heavy atom. The summed E-state index contributed by atoms with van der Waals surface area (Å²) in [6, 6.07) is 6.81. The lowest BCUT2D eigenvalue weighted by Crippen LogP contribution is -2.40. The molecular weight excluding hydrogens is 251 g/mol. The third-order valence-corrected chi connectivity index (χ3v) is 3.67. The largest absolute Gasteiger partial charge is 0.316 e. The summed E-state index contributed by atoms with van der Waals surface area (Å²) in [5.41, 5.74) is 1.45. The number of hydrogen-bond acceptors (Lipinski definition) is 2. The molecule has 1 atom stereocenters. The summed E-state index contributed by atoms with van der Waals surface area (Å²) in [6.07, 6.45) is 2.42. The average molecular weight is 280 g/mol. The standard InChI is InChI=1S/C17H29FN2/c1-5-11-17(3,13-19-6-2)14-20(4)12-15-7-9-16(18)10-8-15/h7-10,19H,5-6,11-14H2,1-4H3. The minimum Gasteiger partial charge on any atom is -0.316 e. The van der Waals surface area contributed by atoms with Gasteiger partial charge in [0.15, 0.2) is 0 Å². The number of nitrogens with one attached hydrogen (secondary N) is 1. The Balaban J connectivity index is 2.56. The first-order chi connectivity index (χ1) is 9.49. The topological polar surface area (TPSA) is 15.3 Å². The fourth-order valence-electron chi connectivity index (χ4n) is 2.86. The summed E-state index contributed by atoms with van der Waals surface area (Å²) in [5, 5.41) is 3.47. The van der Waals surface area contributed by atoms with Gasteiger partial charge in [0.05, 0.1) is 0 Å². The van der Waals surface area contributed by atoms with Crippen molar-refractivity contribution in [1.29, 1.82) is 0 Å². The van der Waals surface area contributed by atoms with Crippen LogP contribution in [0, 0.1) is 11.2 Å². The molecule has 0 aliphatic carbocycles. The summed E-state index contributed by atoms with van der Waals surface area (Å²) in [6.45, 7) is 10.7. The Morgan fingerprint density at radius 3 is 2.40 bits per heavy atom. The highest BCUT2D eigenvalue weighted by Gasteiger charge is 2.24. The first-order valence-corrected chi connectivity index (χ1v) is 7.63. The smallest absolute Gasteiger partial charge is 0.123 e. The molecule has 0 aliphatic rings. The molecule has 3 heteroatoms. The van der Waals surface area contributed by atoms with Gasteiger partial charge in [-0.3, -0.25) is 0 Å². The number of nitrogens with zero attached hydrogens (tertiary/aromatic N) is 1. The minimum atomic E-state index is -0.167. The van der Waals surface area contributed by atoms with Gasteiger partial charge >= 0.3 is 0 Å². The molecule has 0 radical (unpaired) electrons. The molecule has 114 valence electrons. The molecule has 0 heterocycles. The van der Waals surface area contributed by atoms with Crippen molar-refractivity contribution in [3.05, 3.63) is 35.6 Å².